The smallest absolute Gasteiger partial charge is 0.258 e. The molecule has 0 radical (unpaired) electrons. The molecule has 0 atom stereocenters. The Morgan fingerprint density at radius 3 is 2.42 bits per heavy atom. The van der Waals surface area contributed by atoms with E-state index in [9.17, 15) is 4.79 Å². The molecule has 0 bridgehead atoms. The van der Waals surface area contributed by atoms with Gasteiger partial charge in [-0.3, -0.25) is 9.69 Å². The number of halogens is 2. The van der Waals surface area contributed by atoms with Crippen LogP contribution < -0.4 is 10.6 Å². The van der Waals surface area contributed by atoms with E-state index in [-0.39, 0.29) is 5.56 Å². The van der Waals surface area contributed by atoms with Crippen LogP contribution in [-0.4, -0.2) is 47.1 Å². The van der Waals surface area contributed by atoms with Crippen LogP contribution in [0, 0.1) is 0 Å². The first-order valence-electron chi connectivity index (χ1n) is 9.82. The summed E-state index contributed by atoms with van der Waals surface area (Å²) in [5.74, 6) is 0.841. The van der Waals surface area contributed by atoms with Crippen molar-refractivity contribution in [3.05, 3.63) is 76.0 Å². The summed E-state index contributed by atoms with van der Waals surface area (Å²) >= 11 is 12.3. The predicted octanol–water partition coefficient (Wildman–Crippen LogP) is 4.61. The van der Waals surface area contributed by atoms with Crippen LogP contribution in [0.2, 0.25) is 10.0 Å². The van der Waals surface area contributed by atoms with E-state index in [0.29, 0.717) is 27.4 Å². The molecule has 1 saturated heterocycles. The van der Waals surface area contributed by atoms with Gasteiger partial charge in [-0.25, -0.2) is 9.97 Å². The number of ether oxygens (including phenoxy) is 1. The van der Waals surface area contributed by atoms with Gasteiger partial charge in [-0.1, -0.05) is 29.3 Å². The fourth-order valence-electron chi connectivity index (χ4n) is 3.27. The van der Waals surface area contributed by atoms with Crippen molar-refractivity contribution in [3.63, 3.8) is 0 Å². The number of hydrogen-bond acceptors (Lipinski definition) is 6. The zero-order valence-electron chi connectivity index (χ0n) is 16.6. The highest BCUT2D eigenvalue weighted by Crippen LogP contribution is 2.26. The van der Waals surface area contributed by atoms with Crippen molar-refractivity contribution in [2.24, 2.45) is 0 Å². The zero-order valence-corrected chi connectivity index (χ0v) is 18.2. The van der Waals surface area contributed by atoms with Gasteiger partial charge in [-0.05, 0) is 35.9 Å². The molecule has 0 spiro atoms. The molecular weight excluding hydrogens is 437 g/mol. The standard InChI is InChI=1S/C22H21Cl2N5O2/c23-17-2-1-3-18(24)21(17)22(30)27-16-5-7-26-20(13-16)28-19-12-15(4-6-25-19)14-29-8-10-31-11-9-29/h1-7,12-13H,8-11,14H2,(H2,25,26,27,28,30). The summed E-state index contributed by atoms with van der Waals surface area (Å²) in [6.07, 6.45) is 3.37. The first kappa shape index (κ1) is 21.5. The highest BCUT2D eigenvalue weighted by molar-refractivity contribution is 6.40. The van der Waals surface area contributed by atoms with Crippen molar-refractivity contribution < 1.29 is 9.53 Å². The molecule has 0 saturated carbocycles. The Balaban J connectivity index is 1.44. The van der Waals surface area contributed by atoms with Gasteiger partial charge >= 0.3 is 0 Å². The van der Waals surface area contributed by atoms with Crippen molar-refractivity contribution >= 4 is 46.4 Å². The number of hydrogen-bond donors (Lipinski definition) is 2. The lowest BCUT2D eigenvalue weighted by Crippen LogP contribution is -2.35. The monoisotopic (exact) mass is 457 g/mol. The number of carbonyl (C=O) groups excluding carboxylic acids is 1. The lowest BCUT2D eigenvalue weighted by atomic mass is 10.2. The second-order valence-corrected chi connectivity index (χ2v) is 7.86. The van der Waals surface area contributed by atoms with Gasteiger partial charge in [0.05, 0.1) is 28.8 Å². The SMILES string of the molecule is O=C(Nc1ccnc(Nc2cc(CN3CCOCC3)ccn2)c1)c1c(Cl)cccc1Cl. The number of anilines is 3. The minimum atomic E-state index is -0.390. The number of benzene rings is 1. The maximum atomic E-state index is 12.6. The fraction of sp³-hybridized carbons (Fsp3) is 0.227. The molecule has 1 amide bonds. The average molecular weight is 458 g/mol. The summed E-state index contributed by atoms with van der Waals surface area (Å²) in [5.41, 5.74) is 1.94. The van der Waals surface area contributed by atoms with E-state index in [0.717, 1.165) is 38.4 Å². The molecule has 160 valence electrons. The summed E-state index contributed by atoms with van der Waals surface area (Å²) in [6, 6.07) is 12.3. The second-order valence-electron chi connectivity index (χ2n) is 7.04. The average Bonchev–Trinajstić information content (AvgIpc) is 2.75. The van der Waals surface area contributed by atoms with Crippen LogP contribution in [0.3, 0.4) is 0 Å². The van der Waals surface area contributed by atoms with Crippen molar-refractivity contribution in [2.45, 2.75) is 6.54 Å². The van der Waals surface area contributed by atoms with E-state index in [2.05, 4.69) is 25.5 Å². The number of rotatable bonds is 6. The predicted molar refractivity (Wildman–Crippen MR) is 122 cm³/mol. The molecule has 1 fully saturated rings. The molecule has 7 nitrogen and oxygen atoms in total. The van der Waals surface area contributed by atoms with Gasteiger partial charge in [0.25, 0.3) is 5.91 Å². The molecule has 31 heavy (non-hydrogen) atoms. The van der Waals surface area contributed by atoms with Crippen molar-refractivity contribution in [1.29, 1.82) is 0 Å². The second kappa shape index (κ2) is 10.1. The van der Waals surface area contributed by atoms with Gasteiger partial charge in [0.15, 0.2) is 0 Å². The van der Waals surface area contributed by atoms with E-state index >= 15 is 0 Å². The van der Waals surface area contributed by atoms with Crippen LogP contribution in [0.1, 0.15) is 15.9 Å². The van der Waals surface area contributed by atoms with Crippen LogP contribution >= 0.6 is 23.2 Å². The van der Waals surface area contributed by atoms with E-state index in [4.69, 9.17) is 27.9 Å². The molecule has 9 heteroatoms. The Bertz CT molecular complexity index is 1050. The molecule has 3 aromatic rings. The maximum absolute atomic E-state index is 12.6. The highest BCUT2D eigenvalue weighted by Gasteiger charge is 2.15. The number of morpholine rings is 1. The lowest BCUT2D eigenvalue weighted by molar-refractivity contribution is 0.0342. The van der Waals surface area contributed by atoms with Gasteiger partial charge in [0.1, 0.15) is 11.6 Å². The van der Waals surface area contributed by atoms with Gasteiger partial charge in [-0.2, -0.15) is 0 Å². The van der Waals surface area contributed by atoms with Crippen molar-refractivity contribution in [1.82, 2.24) is 14.9 Å². The first-order valence-corrected chi connectivity index (χ1v) is 10.6. The Hall–Kier alpha value is -2.71. The van der Waals surface area contributed by atoms with E-state index in [1.807, 2.05) is 12.1 Å². The molecule has 2 N–H and O–H groups in total. The normalized spacial score (nSPS) is 14.3. The Labute approximate surface area is 190 Å². The third-order valence-corrected chi connectivity index (χ3v) is 5.43. The number of amides is 1. The van der Waals surface area contributed by atoms with Crippen molar-refractivity contribution in [3.8, 4) is 0 Å². The molecule has 2 aromatic heterocycles. The Morgan fingerprint density at radius 1 is 1.00 bits per heavy atom. The van der Waals surface area contributed by atoms with Crippen LogP contribution in [-0.2, 0) is 11.3 Å². The molecule has 1 aromatic carbocycles. The third-order valence-electron chi connectivity index (χ3n) is 4.80. The number of nitrogens with one attached hydrogen (secondary N) is 2. The van der Waals surface area contributed by atoms with Gasteiger partial charge < -0.3 is 15.4 Å². The Kier molecular flexibility index (Phi) is 6.99. The molecule has 0 aliphatic carbocycles. The van der Waals surface area contributed by atoms with E-state index < -0.39 is 5.91 Å². The first-order chi connectivity index (χ1) is 15.1. The zero-order chi connectivity index (χ0) is 21.6. The quantitative estimate of drug-likeness (QED) is 0.562. The number of pyridine rings is 2. The number of nitrogens with zero attached hydrogens (tertiary/aromatic N) is 3. The minimum absolute atomic E-state index is 0.231. The topological polar surface area (TPSA) is 79.4 Å². The van der Waals surface area contributed by atoms with Gasteiger partial charge in [0, 0.05) is 43.8 Å². The number of carbonyl (C=O) groups is 1. The largest absolute Gasteiger partial charge is 0.379 e. The summed E-state index contributed by atoms with van der Waals surface area (Å²) in [5, 5.41) is 6.57. The number of aromatic nitrogens is 2. The van der Waals surface area contributed by atoms with E-state index in [1.54, 1.807) is 42.7 Å². The van der Waals surface area contributed by atoms with Crippen LogP contribution in [0.5, 0.6) is 0 Å². The van der Waals surface area contributed by atoms with Crippen LogP contribution in [0.15, 0.2) is 54.9 Å². The lowest BCUT2D eigenvalue weighted by Gasteiger charge is -2.26. The Morgan fingerprint density at radius 2 is 1.68 bits per heavy atom. The van der Waals surface area contributed by atoms with Crippen LogP contribution in [0.4, 0.5) is 17.3 Å². The third kappa shape index (κ3) is 5.71. The minimum Gasteiger partial charge on any atom is -0.379 e. The molecule has 0 unspecified atom stereocenters. The van der Waals surface area contributed by atoms with E-state index in [1.165, 1.54) is 0 Å². The van der Waals surface area contributed by atoms with Gasteiger partial charge in [0.2, 0.25) is 0 Å². The molecule has 1 aliphatic rings. The molecule has 4 rings (SSSR count). The fourth-order valence-corrected chi connectivity index (χ4v) is 3.84. The van der Waals surface area contributed by atoms with Gasteiger partial charge in [-0.15, -0.1) is 0 Å². The molecular formula is C22H21Cl2N5O2. The summed E-state index contributed by atoms with van der Waals surface area (Å²) in [4.78, 5) is 23.6. The van der Waals surface area contributed by atoms with Crippen molar-refractivity contribution in [2.75, 3.05) is 36.9 Å². The summed E-state index contributed by atoms with van der Waals surface area (Å²) < 4.78 is 5.40. The highest BCUT2D eigenvalue weighted by atomic mass is 35.5. The van der Waals surface area contributed by atoms with Crippen LogP contribution in [0.25, 0.3) is 0 Å². The maximum Gasteiger partial charge on any atom is 0.258 e. The summed E-state index contributed by atoms with van der Waals surface area (Å²) in [6.45, 7) is 4.20. The summed E-state index contributed by atoms with van der Waals surface area (Å²) in [7, 11) is 0. The molecule has 3 heterocycles. The molecule has 1 aliphatic heterocycles.